The molecular weight excluding hydrogens is 393 g/mol. The number of carbonyl (C=O) groups excluding carboxylic acids is 1. The summed E-state index contributed by atoms with van der Waals surface area (Å²) < 4.78 is 24.6. The number of hydrogen-bond donors (Lipinski definition) is 1. The zero-order valence-electron chi connectivity index (χ0n) is 13.2. The van der Waals surface area contributed by atoms with E-state index in [4.69, 9.17) is 0 Å². The van der Waals surface area contributed by atoms with Crippen molar-refractivity contribution in [1.82, 2.24) is 15.1 Å². The summed E-state index contributed by atoms with van der Waals surface area (Å²) in [6.45, 7) is 8.13. The van der Waals surface area contributed by atoms with Crippen LogP contribution in [0.15, 0.2) is 4.99 Å². The van der Waals surface area contributed by atoms with Gasteiger partial charge in [-0.15, -0.1) is 24.0 Å². The summed E-state index contributed by atoms with van der Waals surface area (Å²) in [5.74, 6) is 0.325. The Morgan fingerprint density at radius 2 is 2.00 bits per heavy atom. The number of nitrogens with one attached hydrogen (secondary N) is 1. The van der Waals surface area contributed by atoms with Crippen molar-refractivity contribution in [1.29, 1.82) is 0 Å². The molecule has 5 nitrogen and oxygen atoms in total. The number of guanidine groups is 1. The van der Waals surface area contributed by atoms with Gasteiger partial charge in [0.25, 0.3) is 6.43 Å². The summed E-state index contributed by atoms with van der Waals surface area (Å²) in [5.41, 5.74) is -0.369. The van der Waals surface area contributed by atoms with Crippen molar-refractivity contribution in [3.63, 3.8) is 0 Å². The highest BCUT2D eigenvalue weighted by Gasteiger charge is 2.40. The maximum Gasteiger partial charge on any atom is 0.255 e. The van der Waals surface area contributed by atoms with Gasteiger partial charge in [-0.05, 0) is 27.7 Å². The third kappa shape index (κ3) is 5.23. The normalized spacial score (nSPS) is 19.1. The van der Waals surface area contributed by atoms with Gasteiger partial charge in [0.1, 0.15) is 0 Å². The predicted octanol–water partition coefficient (Wildman–Crippen LogP) is 1.78. The number of rotatable bonds is 3. The summed E-state index contributed by atoms with van der Waals surface area (Å²) >= 11 is 0. The van der Waals surface area contributed by atoms with E-state index in [0.29, 0.717) is 12.5 Å². The van der Waals surface area contributed by atoms with E-state index in [9.17, 15) is 13.6 Å². The van der Waals surface area contributed by atoms with Crippen LogP contribution in [0.5, 0.6) is 0 Å². The van der Waals surface area contributed by atoms with Crippen LogP contribution in [0.25, 0.3) is 0 Å². The van der Waals surface area contributed by atoms with Gasteiger partial charge >= 0.3 is 0 Å². The predicted molar refractivity (Wildman–Crippen MR) is 90.4 cm³/mol. The molecule has 0 aliphatic carbocycles. The molecule has 124 valence electrons. The molecule has 0 unspecified atom stereocenters. The minimum atomic E-state index is -2.45. The average Bonchev–Trinajstić information content (AvgIpc) is 2.26. The number of halogens is 3. The summed E-state index contributed by atoms with van der Waals surface area (Å²) in [6, 6.07) is 0.107. The molecule has 1 heterocycles. The number of amides is 1. The molecule has 8 heteroatoms. The van der Waals surface area contributed by atoms with Crippen LogP contribution in [0.1, 0.15) is 27.7 Å². The standard InChI is InChI=1S/C13H24F2N4O.HI/c1-9(2)19-11(20)7-18(8-13(19,3)4)12(16-5)17-6-10(14)15;/h9-10H,6-8H2,1-5H3,(H,16,17);1H. The van der Waals surface area contributed by atoms with Crippen molar-refractivity contribution >= 4 is 35.8 Å². The summed E-state index contributed by atoms with van der Waals surface area (Å²) in [7, 11) is 1.53. The average molecular weight is 418 g/mol. The monoisotopic (exact) mass is 418 g/mol. The number of alkyl halides is 2. The quantitative estimate of drug-likeness (QED) is 0.432. The van der Waals surface area contributed by atoms with Gasteiger partial charge in [-0.2, -0.15) is 0 Å². The molecule has 21 heavy (non-hydrogen) atoms. The molecule has 1 rings (SSSR count). The lowest BCUT2D eigenvalue weighted by molar-refractivity contribution is -0.145. The Balaban J connectivity index is 0.00000400. The Bertz CT molecular complexity index is 388. The number of carbonyl (C=O) groups is 1. The third-order valence-corrected chi connectivity index (χ3v) is 3.27. The SMILES string of the molecule is CN=C(NCC(F)F)N1CC(=O)N(C(C)C)C(C)(C)C1.I. The van der Waals surface area contributed by atoms with Crippen LogP contribution in [-0.2, 0) is 4.79 Å². The first-order valence-electron chi connectivity index (χ1n) is 6.75. The molecule has 1 N–H and O–H groups in total. The minimum Gasteiger partial charge on any atom is -0.350 e. The van der Waals surface area contributed by atoms with E-state index in [1.807, 2.05) is 32.6 Å². The van der Waals surface area contributed by atoms with Gasteiger partial charge < -0.3 is 15.1 Å². The molecule has 0 atom stereocenters. The fourth-order valence-electron chi connectivity index (χ4n) is 2.81. The van der Waals surface area contributed by atoms with E-state index in [1.54, 1.807) is 4.90 Å². The number of piperazine rings is 1. The number of aliphatic imine (C=N–C) groups is 1. The highest BCUT2D eigenvalue weighted by atomic mass is 127. The van der Waals surface area contributed by atoms with Crippen LogP contribution in [0, 0.1) is 0 Å². The molecule has 1 saturated heterocycles. The van der Waals surface area contributed by atoms with E-state index in [2.05, 4.69) is 10.3 Å². The molecule has 1 aliphatic heterocycles. The molecule has 1 fully saturated rings. The summed E-state index contributed by atoms with van der Waals surface area (Å²) in [5, 5.41) is 2.60. The third-order valence-electron chi connectivity index (χ3n) is 3.27. The molecule has 0 aromatic carbocycles. The van der Waals surface area contributed by atoms with Crippen LogP contribution in [0.4, 0.5) is 8.78 Å². The molecule has 0 spiro atoms. The maximum absolute atomic E-state index is 12.3. The topological polar surface area (TPSA) is 47.9 Å². The van der Waals surface area contributed by atoms with E-state index >= 15 is 0 Å². The van der Waals surface area contributed by atoms with Crippen molar-refractivity contribution in [2.75, 3.05) is 26.7 Å². The van der Waals surface area contributed by atoms with Crippen LogP contribution in [0.2, 0.25) is 0 Å². The van der Waals surface area contributed by atoms with Gasteiger partial charge in [0.2, 0.25) is 5.91 Å². The molecular formula is C13H25F2IN4O. The second-order valence-corrected chi connectivity index (χ2v) is 5.85. The second kappa shape index (κ2) is 8.09. The lowest BCUT2D eigenvalue weighted by atomic mass is 9.96. The molecule has 0 aromatic heterocycles. The van der Waals surface area contributed by atoms with Gasteiger partial charge in [-0.25, -0.2) is 8.78 Å². The zero-order chi connectivity index (χ0) is 15.5. The van der Waals surface area contributed by atoms with Crippen LogP contribution < -0.4 is 5.32 Å². The largest absolute Gasteiger partial charge is 0.350 e. The second-order valence-electron chi connectivity index (χ2n) is 5.85. The first-order chi connectivity index (χ1) is 9.19. The van der Waals surface area contributed by atoms with E-state index < -0.39 is 13.0 Å². The Morgan fingerprint density at radius 3 is 2.38 bits per heavy atom. The summed E-state index contributed by atoms with van der Waals surface area (Å²) in [6.07, 6.45) is -2.45. The van der Waals surface area contributed by atoms with Crippen LogP contribution in [0.3, 0.4) is 0 Å². The van der Waals surface area contributed by atoms with Crippen molar-refractivity contribution in [2.24, 2.45) is 4.99 Å². The molecule has 0 aromatic rings. The van der Waals surface area contributed by atoms with E-state index in [1.165, 1.54) is 7.05 Å². The Hall–Kier alpha value is -0.670. The molecule has 0 radical (unpaired) electrons. The van der Waals surface area contributed by atoms with E-state index in [-0.39, 0.29) is 48.0 Å². The molecule has 1 amide bonds. The van der Waals surface area contributed by atoms with Crippen LogP contribution in [-0.4, -0.2) is 66.4 Å². The lowest BCUT2D eigenvalue weighted by Gasteiger charge is -2.49. The lowest BCUT2D eigenvalue weighted by Crippen LogP contribution is -2.66. The number of nitrogens with zero attached hydrogens (tertiary/aromatic N) is 3. The fourth-order valence-corrected chi connectivity index (χ4v) is 2.81. The first-order valence-corrected chi connectivity index (χ1v) is 6.75. The minimum absolute atomic E-state index is 0. The highest BCUT2D eigenvalue weighted by Crippen LogP contribution is 2.24. The van der Waals surface area contributed by atoms with Crippen LogP contribution >= 0.6 is 24.0 Å². The van der Waals surface area contributed by atoms with Crippen molar-refractivity contribution in [2.45, 2.75) is 45.7 Å². The highest BCUT2D eigenvalue weighted by molar-refractivity contribution is 14.0. The fraction of sp³-hybridized carbons (Fsp3) is 0.846. The maximum atomic E-state index is 12.3. The van der Waals surface area contributed by atoms with Gasteiger partial charge in [0, 0.05) is 19.6 Å². The van der Waals surface area contributed by atoms with E-state index in [0.717, 1.165) is 0 Å². The van der Waals surface area contributed by atoms with Crippen molar-refractivity contribution in [3.8, 4) is 0 Å². The Kier molecular flexibility index (Phi) is 7.83. The molecule has 0 bridgehead atoms. The Labute approximate surface area is 142 Å². The summed E-state index contributed by atoms with van der Waals surface area (Å²) in [4.78, 5) is 19.8. The van der Waals surface area contributed by atoms with Crippen molar-refractivity contribution in [3.05, 3.63) is 0 Å². The smallest absolute Gasteiger partial charge is 0.255 e. The van der Waals surface area contributed by atoms with Gasteiger partial charge in [-0.3, -0.25) is 9.79 Å². The molecule has 1 aliphatic rings. The van der Waals surface area contributed by atoms with Gasteiger partial charge in [0.15, 0.2) is 5.96 Å². The zero-order valence-corrected chi connectivity index (χ0v) is 15.5. The van der Waals surface area contributed by atoms with Gasteiger partial charge in [0.05, 0.1) is 18.6 Å². The Morgan fingerprint density at radius 1 is 1.43 bits per heavy atom. The first kappa shape index (κ1) is 20.3. The van der Waals surface area contributed by atoms with Crippen molar-refractivity contribution < 1.29 is 13.6 Å². The van der Waals surface area contributed by atoms with Gasteiger partial charge in [-0.1, -0.05) is 0 Å². The molecule has 0 saturated carbocycles. The number of hydrogen-bond acceptors (Lipinski definition) is 2.